The first-order chi connectivity index (χ1) is 12.1. The molecule has 0 aromatic rings. The predicted octanol–water partition coefficient (Wildman–Crippen LogP) is 3.54. The molecule has 0 unspecified atom stereocenters. The summed E-state index contributed by atoms with van der Waals surface area (Å²) in [5.74, 6) is 0.778. The Hall–Kier alpha value is -1.63. The van der Waals surface area contributed by atoms with Crippen molar-refractivity contribution in [2.75, 3.05) is 39.7 Å². The van der Waals surface area contributed by atoms with Gasteiger partial charge in [0.15, 0.2) is 0 Å². The number of allylic oxidation sites excluding steroid dienone is 4. The van der Waals surface area contributed by atoms with Crippen LogP contribution in [0.1, 0.15) is 20.3 Å². The van der Waals surface area contributed by atoms with Crippen LogP contribution in [0.2, 0.25) is 0 Å². The van der Waals surface area contributed by atoms with E-state index in [1.807, 2.05) is 33.4 Å². The van der Waals surface area contributed by atoms with Crippen molar-refractivity contribution in [3.8, 4) is 0 Å². The fourth-order valence-corrected chi connectivity index (χ4v) is 2.65. The van der Waals surface area contributed by atoms with Gasteiger partial charge in [0.25, 0.3) is 0 Å². The van der Waals surface area contributed by atoms with Crippen molar-refractivity contribution in [3.05, 3.63) is 46.7 Å². The number of nitrogens with one attached hydrogen (secondary N) is 2. The van der Waals surface area contributed by atoms with Crippen molar-refractivity contribution < 1.29 is 4.74 Å². The Morgan fingerprint density at radius 2 is 2.04 bits per heavy atom. The first kappa shape index (κ1) is 23.4. The zero-order chi connectivity index (χ0) is 18.9. The highest BCUT2D eigenvalue weighted by molar-refractivity contribution is 8.03. The average Bonchev–Trinajstić information content (AvgIpc) is 2.62. The van der Waals surface area contributed by atoms with Crippen molar-refractivity contribution in [1.29, 1.82) is 0 Å². The van der Waals surface area contributed by atoms with Crippen molar-refractivity contribution in [2.45, 2.75) is 20.3 Å². The molecule has 0 rings (SSSR count). The molecule has 2 N–H and O–H groups in total. The van der Waals surface area contributed by atoms with Gasteiger partial charge < -0.3 is 15.4 Å². The summed E-state index contributed by atoms with van der Waals surface area (Å²) in [4.78, 5) is 9.52. The molecular weight excluding hydrogens is 332 g/mol. The van der Waals surface area contributed by atoms with Crippen LogP contribution in [0.15, 0.2) is 56.7 Å². The van der Waals surface area contributed by atoms with E-state index in [4.69, 9.17) is 4.74 Å². The monoisotopic (exact) mass is 364 g/mol. The lowest BCUT2D eigenvalue weighted by molar-refractivity contribution is 0.142. The molecule has 0 radical (unpaired) electrons. The third-order valence-electron chi connectivity index (χ3n) is 3.03. The van der Waals surface area contributed by atoms with Gasteiger partial charge in [0, 0.05) is 42.4 Å². The zero-order valence-electron chi connectivity index (χ0n) is 16.0. The van der Waals surface area contributed by atoms with E-state index in [2.05, 4.69) is 46.9 Å². The van der Waals surface area contributed by atoms with E-state index in [-0.39, 0.29) is 0 Å². The smallest absolute Gasteiger partial charge is 0.0752 e. The topological polar surface area (TPSA) is 58.0 Å². The van der Waals surface area contributed by atoms with E-state index in [9.17, 15) is 0 Å². The maximum absolute atomic E-state index is 5.44. The Morgan fingerprint density at radius 3 is 2.60 bits per heavy atom. The molecule has 0 aliphatic rings. The van der Waals surface area contributed by atoms with Crippen molar-refractivity contribution in [2.24, 2.45) is 9.98 Å². The molecule has 0 aliphatic carbocycles. The van der Waals surface area contributed by atoms with Crippen molar-refractivity contribution >= 4 is 24.7 Å². The summed E-state index contributed by atoms with van der Waals surface area (Å²) < 4.78 is 5.44. The Labute approximate surface area is 157 Å². The van der Waals surface area contributed by atoms with Crippen LogP contribution in [0.5, 0.6) is 0 Å². The lowest BCUT2D eigenvalue weighted by atomic mass is 10.1. The number of rotatable bonds is 14. The summed E-state index contributed by atoms with van der Waals surface area (Å²) in [5.41, 5.74) is 2.86. The van der Waals surface area contributed by atoms with Crippen LogP contribution in [-0.2, 0) is 4.74 Å². The molecular formula is C19H32N4OS. The van der Waals surface area contributed by atoms with E-state index in [1.165, 1.54) is 0 Å². The molecule has 0 bridgehead atoms. The highest BCUT2D eigenvalue weighted by atomic mass is 32.2. The predicted molar refractivity (Wildman–Crippen MR) is 114 cm³/mol. The molecule has 6 heteroatoms. The van der Waals surface area contributed by atoms with Crippen LogP contribution in [-0.4, -0.2) is 52.7 Å². The highest BCUT2D eigenvalue weighted by Crippen LogP contribution is 2.25. The Bertz CT molecular complexity index is 512. The fourth-order valence-electron chi connectivity index (χ4n) is 1.80. The number of aliphatic imine (C=N–C) groups is 2. The van der Waals surface area contributed by atoms with E-state index in [0.717, 1.165) is 40.7 Å². The summed E-state index contributed by atoms with van der Waals surface area (Å²) in [6, 6.07) is 0. The van der Waals surface area contributed by atoms with E-state index in [1.54, 1.807) is 17.8 Å². The molecule has 0 atom stereocenters. The molecule has 0 heterocycles. The molecule has 0 amide bonds. The second kappa shape index (κ2) is 15.9. The minimum Gasteiger partial charge on any atom is -0.393 e. The fraction of sp³-hybridized carbons (Fsp3) is 0.474. The maximum Gasteiger partial charge on any atom is 0.0752 e. The first-order valence-electron chi connectivity index (χ1n) is 8.39. The molecule has 0 aromatic carbocycles. The Morgan fingerprint density at radius 1 is 1.28 bits per heavy atom. The van der Waals surface area contributed by atoms with Gasteiger partial charge in [-0.2, -0.15) is 0 Å². The number of nitrogens with zero attached hydrogens (tertiary/aromatic N) is 2. The SMILES string of the molecule is C=C/C(N=C)=C(\C=C(/C)C(=CNC)/C=N\CCOCCC)SCNC. The standard InChI is InChI=1S/C19H32N4OS/c1-7-10-24-11-9-23-14-17(13-20-4)16(3)12-19(25-15-21-5)18(8-2)22-6/h8,12-14,20-21H,2,6-7,9-11,15H2,1,3-5H3/b16-12+,17-13?,19-18-,23-14-. The van der Waals surface area contributed by atoms with Gasteiger partial charge in [0.2, 0.25) is 0 Å². The number of ether oxygens (including phenoxy) is 1. The van der Waals surface area contributed by atoms with Gasteiger partial charge in [-0.05, 0) is 44.8 Å². The third-order valence-corrected chi connectivity index (χ3v) is 4.11. The van der Waals surface area contributed by atoms with Crippen LogP contribution in [0.25, 0.3) is 0 Å². The highest BCUT2D eigenvalue weighted by Gasteiger charge is 2.04. The molecule has 25 heavy (non-hydrogen) atoms. The van der Waals surface area contributed by atoms with Crippen LogP contribution in [0, 0.1) is 0 Å². The number of hydrogen-bond donors (Lipinski definition) is 2. The van der Waals surface area contributed by atoms with Gasteiger partial charge in [-0.15, -0.1) is 11.8 Å². The summed E-state index contributed by atoms with van der Waals surface area (Å²) in [5, 5.41) is 6.19. The minimum atomic E-state index is 0.643. The van der Waals surface area contributed by atoms with Gasteiger partial charge in [-0.25, -0.2) is 0 Å². The van der Waals surface area contributed by atoms with E-state index < -0.39 is 0 Å². The zero-order valence-corrected chi connectivity index (χ0v) is 16.8. The first-order valence-corrected chi connectivity index (χ1v) is 9.37. The molecule has 140 valence electrons. The molecule has 0 fully saturated rings. The van der Waals surface area contributed by atoms with Crippen LogP contribution in [0.3, 0.4) is 0 Å². The summed E-state index contributed by atoms with van der Waals surface area (Å²) in [6.45, 7) is 13.7. The summed E-state index contributed by atoms with van der Waals surface area (Å²) in [7, 11) is 3.79. The lowest BCUT2D eigenvalue weighted by Gasteiger charge is -2.08. The largest absolute Gasteiger partial charge is 0.393 e. The van der Waals surface area contributed by atoms with Crippen LogP contribution in [0.4, 0.5) is 0 Å². The molecule has 0 saturated heterocycles. The van der Waals surface area contributed by atoms with E-state index >= 15 is 0 Å². The second-order valence-corrected chi connectivity index (χ2v) is 6.13. The average molecular weight is 365 g/mol. The van der Waals surface area contributed by atoms with Crippen LogP contribution < -0.4 is 10.6 Å². The molecule has 0 spiro atoms. The lowest BCUT2D eigenvalue weighted by Crippen LogP contribution is -2.04. The van der Waals surface area contributed by atoms with Gasteiger partial charge in [-0.1, -0.05) is 13.5 Å². The van der Waals surface area contributed by atoms with Crippen molar-refractivity contribution in [1.82, 2.24) is 10.6 Å². The van der Waals surface area contributed by atoms with Gasteiger partial charge in [0.1, 0.15) is 0 Å². The Balaban J connectivity index is 5.23. The third kappa shape index (κ3) is 10.8. The molecule has 0 aromatic heterocycles. The van der Waals surface area contributed by atoms with Gasteiger partial charge in [-0.3, -0.25) is 9.98 Å². The maximum atomic E-state index is 5.44. The second-order valence-electron chi connectivity index (χ2n) is 5.12. The molecule has 0 saturated carbocycles. The summed E-state index contributed by atoms with van der Waals surface area (Å²) >= 11 is 1.66. The van der Waals surface area contributed by atoms with Gasteiger partial charge >= 0.3 is 0 Å². The number of thioether (sulfide) groups is 1. The minimum absolute atomic E-state index is 0.643. The van der Waals surface area contributed by atoms with Crippen LogP contribution >= 0.6 is 11.8 Å². The van der Waals surface area contributed by atoms with E-state index in [0.29, 0.717) is 13.2 Å². The summed E-state index contributed by atoms with van der Waals surface area (Å²) in [6.07, 6.45) is 8.62. The van der Waals surface area contributed by atoms with Crippen molar-refractivity contribution in [3.63, 3.8) is 0 Å². The Kier molecular flexibility index (Phi) is 14.8. The normalized spacial score (nSPS) is 13.8. The van der Waals surface area contributed by atoms with Gasteiger partial charge in [0.05, 0.1) is 18.8 Å². The number of hydrogen-bond acceptors (Lipinski definition) is 6. The molecule has 5 nitrogen and oxygen atoms in total. The molecule has 0 aliphatic heterocycles. The quantitative estimate of drug-likeness (QED) is 0.214.